The lowest BCUT2D eigenvalue weighted by Crippen LogP contribution is -2.32. The smallest absolute Gasteiger partial charge is 0.0596 e. The fourth-order valence-corrected chi connectivity index (χ4v) is 3.41. The number of nitrogens with one attached hydrogen (secondary N) is 1. The second-order valence-electron chi connectivity index (χ2n) is 6.11. The molecule has 2 rings (SSSR count). The van der Waals surface area contributed by atoms with Crippen LogP contribution in [0.4, 0.5) is 0 Å². The molecule has 3 heteroatoms. The van der Waals surface area contributed by atoms with Crippen LogP contribution >= 0.6 is 0 Å². The van der Waals surface area contributed by atoms with Crippen molar-refractivity contribution < 1.29 is 0 Å². The molecule has 0 bridgehead atoms. The first-order valence-electron chi connectivity index (χ1n) is 7.91. The average Bonchev–Trinajstić information content (AvgIpc) is 2.70. The Morgan fingerprint density at radius 1 is 1.32 bits per heavy atom. The molecule has 3 nitrogen and oxygen atoms in total. The van der Waals surface area contributed by atoms with Gasteiger partial charge in [-0.05, 0) is 63.6 Å². The molecule has 1 heterocycles. The lowest BCUT2D eigenvalue weighted by atomic mass is 9.77. The van der Waals surface area contributed by atoms with Gasteiger partial charge in [0.05, 0.1) is 5.69 Å². The molecule has 1 aliphatic carbocycles. The minimum absolute atomic E-state index is 0.841. The van der Waals surface area contributed by atoms with Crippen molar-refractivity contribution >= 4 is 0 Å². The molecule has 1 fully saturated rings. The number of aromatic nitrogens is 2. The van der Waals surface area contributed by atoms with Crippen LogP contribution in [-0.4, -0.2) is 22.9 Å². The van der Waals surface area contributed by atoms with E-state index in [4.69, 9.17) is 0 Å². The molecule has 2 atom stereocenters. The van der Waals surface area contributed by atoms with E-state index in [0.29, 0.717) is 0 Å². The van der Waals surface area contributed by atoms with E-state index < -0.39 is 0 Å². The normalized spacial score (nSPS) is 23.7. The van der Waals surface area contributed by atoms with Gasteiger partial charge in [-0.1, -0.05) is 19.8 Å². The number of rotatable bonds is 6. The van der Waals surface area contributed by atoms with Crippen LogP contribution in [0, 0.1) is 18.8 Å². The van der Waals surface area contributed by atoms with E-state index in [1.807, 2.05) is 0 Å². The van der Waals surface area contributed by atoms with Crippen molar-refractivity contribution in [2.24, 2.45) is 18.9 Å². The Hall–Kier alpha value is -0.830. The molecule has 0 radical (unpaired) electrons. The van der Waals surface area contributed by atoms with E-state index in [1.54, 1.807) is 0 Å². The molecule has 108 valence electrons. The summed E-state index contributed by atoms with van der Waals surface area (Å²) < 4.78 is 2.07. The van der Waals surface area contributed by atoms with E-state index in [-0.39, 0.29) is 0 Å². The summed E-state index contributed by atoms with van der Waals surface area (Å²) in [5, 5.41) is 8.10. The molecule has 1 aromatic heterocycles. The first-order valence-corrected chi connectivity index (χ1v) is 7.91. The summed E-state index contributed by atoms with van der Waals surface area (Å²) in [5.41, 5.74) is 2.55. The molecule has 1 aromatic rings. The Morgan fingerprint density at radius 3 is 2.68 bits per heavy atom. The Labute approximate surface area is 117 Å². The number of aryl methyl sites for hydroxylation is 2. The van der Waals surface area contributed by atoms with E-state index in [9.17, 15) is 0 Å². The standard InChI is InChI=1S/C16H29N3/c1-4-9-17-12-15-8-6-5-7-14(15)11-16-10-13(2)18-19(16)3/h10,14-15,17H,4-9,11-12H2,1-3H3. The fourth-order valence-electron chi connectivity index (χ4n) is 3.41. The zero-order valence-electron chi connectivity index (χ0n) is 12.8. The largest absolute Gasteiger partial charge is 0.316 e. The van der Waals surface area contributed by atoms with Gasteiger partial charge in [0.15, 0.2) is 0 Å². The first-order chi connectivity index (χ1) is 9.20. The fraction of sp³-hybridized carbons (Fsp3) is 0.812. The summed E-state index contributed by atoms with van der Waals surface area (Å²) in [6.07, 6.45) is 8.06. The van der Waals surface area contributed by atoms with Gasteiger partial charge in [-0.2, -0.15) is 5.10 Å². The second-order valence-corrected chi connectivity index (χ2v) is 6.11. The highest BCUT2D eigenvalue weighted by Crippen LogP contribution is 2.32. The highest BCUT2D eigenvalue weighted by atomic mass is 15.3. The van der Waals surface area contributed by atoms with Crippen molar-refractivity contribution in [1.29, 1.82) is 0 Å². The van der Waals surface area contributed by atoms with Crippen LogP contribution in [0.5, 0.6) is 0 Å². The van der Waals surface area contributed by atoms with Crippen LogP contribution in [0.3, 0.4) is 0 Å². The Balaban J connectivity index is 1.93. The Bertz CT molecular complexity index is 383. The highest BCUT2D eigenvalue weighted by Gasteiger charge is 2.25. The Morgan fingerprint density at radius 2 is 2.05 bits per heavy atom. The van der Waals surface area contributed by atoms with Crippen LogP contribution in [0.15, 0.2) is 6.07 Å². The van der Waals surface area contributed by atoms with Gasteiger partial charge < -0.3 is 5.32 Å². The van der Waals surface area contributed by atoms with E-state index in [2.05, 4.69) is 42.1 Å². The topological polar surface area (TPSA) is 29.9 Å². The summed E-state index contributed by atoms with van der Waals surface area (Å²) >= 11 is 0. The van der Waals surface area contributed by atoms with Crippen LogP contribution in [0.2, 0.25) is 0 Å². The molecule has 0 amide bonds. The average molecular weight is 263 g/mol. The molecule has 0 spiro atoms. The van der Waals surface area contributed by atoms with Crippen molar-refractivity contribution in [3.63, 3.8) is 0 Å². The minimum Gasteiger partial charge on any atom is -0.316 e. The summed E-state index contributed by atoms with van der Waals surface area (Å²) in [5.74, 6) is 1.70. The molecule has 1 N–H and O–H groups in total. The SMILES string of the molecule is CCCNCC1CCCCC1Cc1cc(C)nn1C. The van der Waals surface area contributed by atoms with Gasteiger partial charge in [0.25, 0.3) is 0 Å². The van der Waals surface area contributed by atoms with Gasteiger partial charge in [-0.3, -0.25) is 4.68 Å². The van der Waals surface area contributed by atoms with Crippen molar-refractivity contribution in [2.45, 2.75) is 52.4 Å². The maximum absolute atomic E-state index is 4.48. The molecule has 1 saturated carbocycles. The monoisotopic (exact) mass is 263 g/mol. The zero-order valence-corrected chi connectivity index (χ0v) is 12.8. The van der Waals surface area contributed by atoms with E-state index in [1.165, 1.54) is 50.8 Å². The summed E-state index contributed by atoms with van der Waals surface area (Å²) in [7, 11) is 2.08. The minimum atomic E-state index is 0.841. The molecule has 2 unspecified atom stereocenters. The summed E-state index contributed by atoms with van der Waals surface area (Å²) in [6.45, 7) is 6.69. The van der Waals surface area contributed by atoms with Gasteiger partial charge in [0.1, 0.15) is 0 Å². The third-order valence-corrected chi connectivity index (χ3v) is 4.47. The summed E-state index contributed by atoms with van der Waals surface area (Å²) in [4.78, 5) is 0. The molecule has 0 aliphatic heterocycles. The first kappa shape index (κ1) is 14.6. The quantitative estimate of drug-likeness (QED) is 0.799. The zero-order chi connectivity index (χ0) is 13.7. The third-order valence-electron chi connectivity index (χ3n) is 4.47. The number of hydrogen-bond acceptors (Lipinski definition) is 2. The van der Waals surface area contributed by atoms with E-state index in [0.717, 1.165) is 24.1 Å². The van der Waals surface area contributed by atoms with Gasteiger partial charge >= 0.3 is 0 Å². The van der Waals surface area contributed by atoms with Crippen molar-refractivity contribution in [1.82, 2.24) is 15.1 Å². The van der Waals surface area contributed by atoms with Crippen molar-refractivity contribution in [2.75, 3.05) is 13.1 Å². The van der Waals surface area contributed by atoms with Crippen LogP contribution in [0.1, 0.15) is 50.4 Å². The molecular weight excluding hydrogens is 234 g/mol. The van der Waals surface area contributed by atoms with Crippen molar-refractivity contribution in [3.05, 3.63) is 17.5 Å². The lowest BCUT2D eigenvalue weighted by molar-refractivity contribution is 0.226. The van der Waals surface area contributed by atoms with E-state index >= 15 is 0 Å². The molecule has 0 aromatic carbocycles. The lowest BCUT2D eigenvalue weighted by Gasteiger charge is -2.32. The number of hydrogen-bond donors (Lipinski definition) is 1. The van der Waals surface area contributed by atoms with Gasteiger partial charge in [-0.15, -0.1) is 0 Å². The van der Waals surface area contributed by atoms with Crippen LogP contribution < -0.4 is 5.32 Å². The predicted octanol–water partition coefficient (Wildman–Crippen LogP) is 3.08. The highest BCUT2D eigenvalue weighted by molar-refractivity contribution is 5.09. The predicted molar refractivity (Wildman–Crippen MR) is 80.3 cm³/mol. The molecule has 0 saturated heterocycles. The van der Waals surface area contributed by atoms with Gasteiger partial charge in [-0.25, -0.2) is 0 Å². The van der Waals surface area contributed by atoms with Gasteiger partial charge in [0.2, 0.25) is 0 Å². The third kappa shape index (κ3) is 4.07. The maximum Gasteiger partial charge on any atom is 0.0596 e. The molecule has 19 heavy (non-hydrogen) atoms. The van der Waals surface area contributed by atoms with Gasteiger partial charge in [0, 0.05) is 12.7 Å². The summed E-state index contributed by atoms with van der Waals surface area (Å²) in [6, 6.07) is 2.26. The van der Waals surface area contributed by atoms with Crippen molar-refractivity contribution in [3.8, 4) is 0 Å². The second kappa shape index (κ2) is 7.09. The maximum atomic E-state index is 4.48. The number of nitrogens with zero attached hydrogens (tertiary/aromatic N) is 2. The Kier molecular flexibility index (Phi) is 5.44. The van der Waals surface area contributed by atoms with Crippen LogP contribution in [-0.2, 0) is 13.5 Å². The molecular formula is C16H29N3. The van der Waals surface area contributed by atoms with Crippen LogP contribution in [0.25, 0.3) is 0 Å². The molecule has 1 aliphatic rings.